The number of hydrogen-bond acceptors (Lipinski definition) is 3. The van der Waals surface area contributed by atoms with E-state index in [4.69, 9.17) is 4.74 Å². The Bertz CT molecular complexity index is 358. The van der Waals surface area contributed by atoms with Gasteiger partial charge in [-0.1, -0.05) is 19.9 Å². The van der Waals surface area contributed by atoms with E-state index in [2.05, 4.69) is 0 Å². The van der Waals surface area contributed by atoms with Crippen molar-refractivity contribution in [3.05, 3.63) is 12.2 Å². The molecule has 17 heavy (non-hydrogen) atoms. The van der Waals surface area contributed by atoms with Crippen LogP contribution in [0.3, 0.4) is 0 Å². The third-order valence-corrected chi connectivity index (χ3v) is 3.11. The van der Waals surface area contributed by atoms with E-state index in [1.165, 1.54) is 13.0 Å². The van der Waals surface area contributed by atoms with Crippen LogP contribution in [0.5, 0.6) is 0 Å². The summed E-state index contributed by atoms with van der Waals surface area (Å²) in [6.45, 7) is 11.1. The van der Waals surface area contributed by atoms with Crippen LogP contribution in [0.25, 0.3) is 0 Å². The molecule has 2 atom stereocenters. The Labute approximate surface area is 103 Å². The molecule has 0 spiro atoms. The highest BCUT2D eigenvalue weighted by atomic mass is 16.6. The molecule has 3 heteroatoms. The lowest BCUT2D eigenvalue weighted by Gasteiger charge is -2.19. The first kappa shape index (κ1) is 13.9. The minimum absolute atomic E-state index is 0.00985. The van der Waals surface area contributed by atoms with E-state index in [-0.39, 0.29) is 29.0 Å². The maximum absolute atomic E-state index is 12.0. The van der Waals surface area contributed by atoms with Crippen molar-refractivity contribution in [2.45, 2.75) is 47.1 Å². The van der Waals surface area contributed by atoms with Crippen LogP contribution in [0, 0.1) is 17.3 Å². The molecule has 96 valence electrons. The molecule has 1 aliphatic rings. The van der Waals surface area contributed by atoms with Gasteiger partial charge in [-0.25, -0.2) is 0 Å². The van der Waals surface area contributed by atoms with Crippen molar-refractivity contribution in [3.63, 3.8) is 0 Å². The number of carbonyl (C=O) groups excluding carboxylic acids is 2. The van der Waals surface area contributed by atoms with Gasteiger partial charge in [0.2, 0.25) is 0 Å². The number of rotatable bonds is 3. The topological polar surface area (TPSA) is 43.4 Å². The molecule has 0 bridgehead atoms. The zero-order valence-electron chi connectivity index (χ0n) is 11.5. The molecule has 0 aliphatic heterocycles. The van der Waals surface area contributed by atoms with E-state index in [0.717, 1.165) is 0 Å². The van der Waals surface area contributed by atoms with Crippen molar-refractivity contribution < 1.29 is 14.3 Å². The van der Waals surface area contributed by atoms with E-state index in [0.29, 0.717) is 0 Å². The van der Waals surface area contributed by atoms with Crippen molar-refractivity contribution in [1.82, 2.24) is 0 Å². The van der Waals surface area contributed by atoms with E-state index >= 15 is 0 Å². The fourth-order valence-corrected chi connectivity index (χ4v) is 2.09. The number of ether oxygens (including phenoxy) is 1. The third kappa shape index (κ3) is 3.42. The summed E-state index contributed by atoms with van der Waals surface area (Å²) in [6.07, 6.45) is 3.37. The zero-order chi connectivity index (χ0) is 13.4. The number of hydrogen-bond donors (Lipinski definition) is 0. The van der Waals surface area contributed by atoms with Crippen LogP contribution >= 0.6 is 0 Å². The summed E-state index contributed by atoms with van der Waals surface area (Å²) >= 11 is 0. The van der Waals surface area contributed by atoms with Gasteiger partial charge < -0.3 is 4.74 Å². The smallest absolute Gasteiger partial charge is 0.310 e. The molecule has 0 aromatic heterocycles. The van der Waals surface area contributed by atoms with Crippen LogP contribution in [0.2, 0.25) is 0 Å². The average molecular weight is 238 g/mol. The Kier molecular flexibility index (Phi) is 3.51. The van der Waals surface area contributed by atoms with E-state index < -0.39 is 5.60 Å². The first-order valence-corrected chi connectivity index (χ1v) is 5.97. The van der Waals surface area contributed by atoms with Crippen molar-refractivity contribution >= 4 is 11.8 Å². The molecule has 0 heterocycles. The minimum atomic E-state index is -0.454. The summed E-state index contributed by atoms with van der Waals surface area (Å²) < 4.78 is 5.38. The van der Waals surface area contributed by atoms with Crippen LogP contribution < -0.4 is 0 Å². The highest BCUT2D eigenvalue weighted by Crippen LogP contribution is 2.59. The number of esters is 1. The molecule has 3 nitrogen and oxygen atoms in total. The molecular weight excluding hydrogens is 216 g/mol. The molecule has 0 unspecified atom stereocenters. The zero-order valence-corrected chi connectivity index (χ0v) is 11.5. The van der Waals surface area contributed by atoms with Gasteiger partial charge in [-0.05, 0) is 45.1 Å². The van der Waals surface area contributed by atoms with Crippen LogP contribution in [0.4, 0.5) is 0 Å². The Morgan fingerprint density at radius 3 is 2.18 bits per heavy atom. The van der Waals surface area contributed by atoms with Gasteiger partial charge in [0.05, 0.1) is 5.92 Å². The predicted molar refractivity (Wildman–Crippen MR) is 66.4 cm³/mol. The van der Waals surface area contributed by atoms with E-state index in [1.54, 1.807) is 0 Å². The first-order valence-electron chi connectivity index (χ1n) is 5.97. The molecule has 1 aliphatic carbocycles. The molecule has 1 rings (SSSR count). The van der Waals surface area contributed by atoms with Crippen molar-refractivity contribution in [3.8, 4) is 0 Å². The Hall–Kier alpha value is -1.12. The lowest BCUT2D eigenvalue weighted by molar-refractivity contribution is -0.157. The molecule has 1 fully saturated rings. The van der Waals surface area contributed by atoms with E-state index in [1.807, 2.05) is 40.7 Å². The molecular formula is C14H22O3. The SMILES string of the molecule is CC(=O)/C=C/[C@@H]1[C@@H](C(=O)OC(C)(C)C)C1(C)C. The number of allylic oxidation sites excluding steroid dienone is 2. The minimum Gasteiger partial charge on any atom is -0.460 e. The lowest BCUT2D eigenvalue weighted by Crippen LogP contribution is -2.26. The van der Waals surface area contributed by atoms with Gasteiger partial charge in [0.15, 0.2) is 5.78 Å². The van der Waals surface area contributed by atoms with Gasteiger partial charge in [0.1, 0.15) is 5.60 Å². The molecule has 0 aromatic rings. The fraction of sp³-hybridized carbons (Fsp3) is 0.714. The molecule has 0 aromatic carbocycles. The normalized spacial score (nSPS) is 26.9. The summed E-state index contributed by atoms with van der Waals surface area (Å²) in [4.78, 5) is 22.8. The van der Waals surface area contributed by atoms with Crippen molar-refractivity contribution in [2.75, 3.05) is 0 Å². The number of carbonyl (C=O) groups is 2. The van der Waals surface area contributed by atoms with E-state index in [9.17, 15) is 9.59 Å². The van der Waals surface area contributed by atoms with Crippen LogP contribution in [-0.2, 0) is 14.3 Å². The fourth-order valence-electron chi connectivity index (χ4n) is 2.09. The Morgan fingerprint density at radius 2 is 1.76 bits per heavy atom. The quantitative estimate of drug-likeness (QED) is 0.561. The maximum atomic E-state index is 12.0. The number of ketones is 1. The second kappa shape index (κ2) is 4.28. The third-order valence-electron chi connectivity index (χ3n) is 3.11. The molecule has 0 saturated heterocycles. The average Bonchev–Trinajstić information content (AvgIpc) is 2.61. The summed E-state index contributed by atoms with van der Waals surface area (Å²) in [7, 11) is 0. The highest BCUT2D eigenvalue weighted by Gasteiger charge is 2.61. The van der Waals surface area contributed by atoms with Gasteiger partial charge in [-0.3, -0.25) is 9.59 Å². The van der Waals surface area contributed by atoms with Crippen LogP contribution in [-0.4, -0.2) is 17.4 Å². The highest BCUT2D eigenvalue weighted by molar-refractivity contribution is 5.87. The van der Waals surface area contributed by atoms with Gasteiger partial charge in [0.25, 0.3) is 0 Å². The van der Waals surface area contributed by atoms with Crippen LogP contribution in [0.1, 0.15) is 41.5 Å². The lowest BCUT2D eigenvalue weighted by atomic mass is 10.1. The monoisotopic (exact) mass is 238 g/mol. The summed E-state index contributed by atoms with van der Waals surface area (Å²) in [5.41, 5.74) is -0.557. The van der Waals surface area contributed by atoms with Crippen LogP contribution in [0.15, 0.2) is 12.2 Å². The van der Waals surface area contributed by atoms with Gasteiger partial charge >= 0.3 is 5.97 Å². The summed E-state index contributed by atoms with van der Waals surface area (Å²) in [5, 5.41) is 0. The molecule has 1 saturated carbocycles. The molecule has 0 radical (unpaired) electrons. The van der Waals surface area contributed by atoms with Crippen molar-refractivity contribution in [1.29, 1.82) is 0 Å². The summed E-state index contributed by atoms with van der Waals surface area (Å²) in [5.74, 6) is -0.171. The maximum Gasteiger partial charge on any atom is 0.310 e. The Balaban J connectivity index is 2.68. The van der Waals surface area contributed by atoms with Gasteiger partial charge in [-0.15, -0.1) is 0 Å². The second-order valence-corrected chi connectivity index (χ2v) is 6.33. The predicted octanol–water partition coefficient (Wildman–Crippen LogP) is 2.75. The second-order valence-electron chi connectivity index (χ2n) is 6.33. The van der Waals surface area contributed by atoms with Gasteiger partial charge in [0, 0.05) is 0 Å². The molecule has 0 amide bonds. The first-order chi connectivity index (χ1) is 7.55. The summed E-state index contributed by atoms with van der Waals surface area (Å²) in [6, 6.07) is 0. The Morgan fingerprint density at radius 1 is 1.24 bits per heavy atom. The van der Waals surface area contributed by atoms with Gasteiger partial charge in [-0.2, -0.15) is 0 Å². The molecule has 0 N–H and O–H groups in total. The standard InChI is InChI=1S/C14H22O3/c1-9(15)7-8-10-11(14(10,5)6)12(16)17-13(2,3)4/h7-8,10-11H,1-6H3/b8-7+/t10-,11+/m1/s1. The van der Waals surface area contributed by atoms with Crippen molar-refractivity contribution in [2.24, 2.45) is 17.3 Å². The largest absolute Gasteiger partial charge is 0.460 e.